The lowest BCUT2D eigenvalue weighted by Gasteiger charge is -2.15. The van der Waals surface area contributed by atoms with Crippen LogP contribution in [0.1, 0.15) is 30.5 Å². The molecule has 0 bridgehead atoms. The van der Waals surface area contributed by atoms with Gasteiger partial charge in [0, 0.05) is 5.56 Å². The van der Waals surface area contributed by atoms with Crippen LogP contribution in [0.15, 0.2) is 47.5 Å². The molecule has 4 rings (SSSR count). The van der Waals surface area contributed by atoms with Crippen molar-refractivity contribution < 1.29 is 9.53 Å². The van der Waals surface area contributed by atoms with Crippen LogP contribution in [0.25, 0.3) is 21.3 Å². The van der Waals surface area contributed by atoms with Crippen LogP contribution in [-0.4, -0.2) is 28.2 Å². The van der Waals surface area contributed by atoms with Gasteiger partial charge in [0.05, 0.1) is 28.1 Å². The molecule has 0 aliphatic rings. The summed E-state index contributed by atoms with van der Waals surface area (Å²) in [6.07, 6.45) is 0.866. The van der Waals surface area contributed by atoms with E-state index in [9.17, 15) is 15.3 Å². The molecule has 0 saturated heterocycles. The van der Waals surface area contributed by atoms with Crippen molar-refractivity contribution in [3.8, 4) is 29.0 Å². The lowest BCUT2D eigenvalue weighted by Crippen LogP contribution is -2.22. The number of hydrogen-bond acceptors (Lipinski definition) is 9. The first-order valence-corrected chi connectivity index (χ1v) is 12.7. The zero-order chi connectivity index (χ0) is 25.8. The van der Waals surface area contributed by atoms with Crippen molar-refractivity contribution in [3.05, 3.63) is 59.2 Å². The van der Waals surface area contributed by atoms with Gasteiger partial charge < -0.3 is 15.8 Å². The van der Waals surface area contributed by atoms with Gasteiger partial charge in [0.25, 0.3) is 0 Å². The molecule has 2 heterocycles. The van der Waals surface area contributed by atoms with Crippen LogP contribution in [0.5, 0.6) is 5.75 Å². The standard InChI is InChI=1S/C26H22N6O2S2/c1-4-15-5-7-16(8-6-15)22-18(12-27)23(29)31-25(19(22)13-28)35-14(2)24(33)32-26-30-20-10-9-17(34-3)11-21(20)36-26/h5-11,14H,4H2,1-3H3,(H2,29,31)(H,30,32,33). The first kappa shape index (κ1) is 25.0. The van der Waals surface area contributed by atoms with E-state index in [0.717, 1.165) is 34.0 Å². The third-order valence-electron chi connectivity index (χ3n) is 5.55. The molecule has 2 aromatic heterocycles. The number of nitrogens with two attached hydrogens (primary N) is 1. The van der Waals surface area contributed by atoms with E-state index >= 15 is 0 Å². The summed E-state index contributed by atoms with van der Waals surface area (Å²) in [5.41, 5.74) is 9.47. The number of thioether (sulfide) groups is 1. The first-order valence-electron chi connectivity index (χ1n) is 11.0. The highest BCUT2D eigenvalue weighted by atomic mass is 32.2. The van der Waals surface area contributed by atoms with E-state index in [1.165, 1.54) is 11.3 Å². The number of nitrogen functional groups attached to an aromatic ring is 1. The number of anilines is 2. The number of methoxy groups -OCH3 is 1. The molecule has 180 valence electrons. The zero-order valence-electron chi connectivity index (χ0n) is 19.8. The number of carbonyl (C=O) groups is 1. The average Bonchev–Trinajstić information content (AvgIpc) is 3.29. The van der Waals surface area contributed by atoms with Crippen LogP contribution >= 0.6 is 23.1 Å². The van der Waals surface area contributed by atoms with E-state index in [1.54, 1.807) is 14.0 Å². The van der Waals surface area contributed by atoms with Crippen molar-refractivity contribution >= 4 is 50.2 Å². The second-order valence-electron chi connectivity index (χ2n) is 7.80. The number of nitrogens with one attached hydrogen (secondary N) is 1. The molecule has 3 N–H and O–H groups in total. The number of aromatic nitrogens is 2. The second-order valence-corrected chi connectivity index (χ2v) is 10.2. The molecule has 0 fully saturated rings. The molecule has 1 unspecified atom stereocenters. The number of amides is 1. The van der Waals surface area contributed by atoms with Gasteiger partial charge in [-0.3, -0.25) is 4.79 Å². The number of nitriles is 2. The molecule has 1 amide bonds. The number of nitrogens with zero attached hydrogens (tertiary/aromatic N) is 4. The topological polar surface area (TPSA) is 138 Å². The van der Waals surface area contributed by atoms with Gasteiger partial charge in [-0.15, -0.1) is 0 Å². The van der Waals surface area contributed by atoms with Gasteiger partial charge in [0.15, 0.2) is 5.13 Å². The van der Waals surface area contributed by atoms with Crippen LogP contribution < -0.4 is 15.8 Å². The summed E-state index contributed by atoms with van der Waals surface area (Å²) in [5, 5.41) is 22.7. The van der Waals surface area contributed by atoms with Crippen molar-refractivity contribution in [2.45, 2.75) is 30.5 Å². The van der Waals surface area contributed by atoms with E-state index in [-0.39, 0.29) is 22.9 Å². The van der Waals surface area contributed by atoms with E-state index in [0.29, 0.717) is 27.0 Å². The third kappa shape index (κ3) is 4.96. The molecule has 0 radical (unpaired) electrons. The lowest BCUT2D eigenvalue weighted by molar-refractivity contribution is -0.115. The largest absolute Gasteiger partial charge is 0.497 e. The highest BCUT2D eigenvalue weighted by Crippen LogP contribution is 2.37. The Hall–Kier alpha value is -4.12. The quantitative estimate of drug-likeness (QED) is 0.314. The summed E-state index contributed by atoms with van der Waals surface area (Å²) in [6.45, 7) is 3.76. The van der Waals surface area contributed by atoms with Crippen molar-refractivity contribution in [3.63, 3.8) is 0 Å². The summed E-state index contributed by atoms with van der Waals surface area (Å²) in [4.78, 5) is 21.7. The Morgan fingerprint density at radius 2 is 1.89 bits per heavy atom. The monoisotopic (exact) mass is 514 g/mol. The predicted molar refractivity (Wildman–Crippen MR) is 143 cm³/mol. The second kappa shape index (κ2) is 10.6. The maximum atomic E-state index is 13.0. The fraction of sp³-hybridized carbons (Fsp3) is 0.192. The SMILES string of the molecule is CCc1ccc(-c2c(C#N)c(N)nc(SC(C)C(=O)Nc3nc4ccc(OC)cc4s3)c2C#N)cc1. The number of pyridine rings is 1. The Bertz CT molecular complexity index is 1530. The molecule has 8 nitrogen and oxygen atoms in total. The van der Waals surface area contributed by atoms with Crippen LogP contribution in [-0.2, 0) is 11.2 Å². The van der Waals surface area contributed by atoms with Gasteiger partial charge in [-0.1, -0.05) is 54.3 Å². The molecule has 10 heteroatoms. The summed E-state index contributed by atoms with van der Waals surface area (Å²) in [5.74, 6) is 0.427. The Balaban J connectivity index is 1.63. The minimum absolute atomic E-state index is 0.0151. The minimum Gasteiger partial charge on any atom is -0.497 e. The van der Waals surface area contributed by atoms with E-state index in [2.05, 4.69) is 27.4 Å². The minimum atomic E-state index is -0.617. The average molecular weight is 515 g/mol. The number of ether oxygens (including phenoxy) is 1. The van der Waals surface area contributed by atoms with Gasteiger partial charge in [0.2, 0.25) is 5.91 Å². The van der Waals surface area contributed by atoms with Crippen LogP contribution in [0, 0.1) is 22.7 Å². The highest BCUT2D eigenvalue weighted by molar-refractivity contribution is 8.00. The molecule has 1 atom stereocenters. The van der Waals surface area contributed by atoms with Crippen molar-refractivity contribution in [1.29, 1.82) is 10.5 Å². The molecule has 0 spiro atoms. The van der Waals surface area contributed by atoms with Gasteiger partial charge >= 0.3 is 0 Å². The number of hydrogen-bond donors (Lipinski definition) is 2. The van der Waals surface area contributed by atoms with Gasteiger partial charge in [-0.25, -0.2) is 9.97 Å². The van der Waals surface area contributed by atoms with Crippen molar-refractivity contribution in [1.82, 2.24) is 9.97 Å². The maximum Gasteiger partial charge on any atom is 0.239 e. The molecular formula is C26H22N6O2S2. The molecule has 0 aliphatic carbocycles. The van der Waals surface area contributed by atoms with Crippen molar-refractivity contribution in [2.75, 3.05) is 18.2 Å². The molecule has 36 heavy (non-hydrogen) atoms. The lowest BCUT2D eigenvalue weighted by atomic mass is 9.96. The van der Waals surface area contributed by atoms with Crippen LogP contribution in [0.3, 0.4) is 0 Å². The Labute approximate surface area is 216 Å². The maximum absolute atomic E-state index is 13.0. The summed E-state index contributed by atoms with van der Waals surface area (Å²) >= 11 is 2.45. The van der Waals surface area contributed by atoms with Gasteiger partial charge in [-0.2, -0.15) is 10.5 Å². The van der Waals surface area contributed by atoms with E-state index in [1.807, 2.05) is 49.4 Å². The summed E-state index contributed by atoms with van der Waals surface area (Å²) in [6, 6.07) is 17.4. The smallest absolute Gasteiger partial charge is 0.239 e. The Kier molecular flexibility index (Phi) is 7.39. The van der Waals surface area contributed by atoms with Crippen molar-refractivity contribution in [2.24, 2.45) is 0 Å². The number of thiazole rings is 1. The Morgan fingerprint density at radius 1 is 1.17 bits per heavy atom. The van der Waals surface area contributed by atoms with E-state index < -0.39 is 5.25 Å². The normalized spacial score (nSPS) is 11.5. The molecule has 0 aliphatic heterocycles. The number of rotatable bonds is 7. The third-order valence-corrected chi connectivity index (χ3v) is 7.57. The molecule has 4 aromatic rings. The van der Waals surface area contributed by atoms with Gasteiger partial charge in [0.1, 0.15) is 34.3 Å². The van der Waals surface area contributed by atoms with Crippen LogP contribution in [0.2, 0.25) is 0 Å². The predicted octanol–water partition coefficient (Wildman–Crippen LogP) is 5.37. The Morgan fingerprint density at radius 3 is 2.53 bits per heavy atom. The molecule has 2 aromatic carbocycles. The number of aryl methyl sites for hydroxylation is 1. The first-order chi connectivity index (χ1) is 17.4. The number of benzene rings is 2. The zero-order valence-corrected chi connectivity index (χ0v) is 21.5. The highest BCUT2D eigenvalue weighted by Gasteiger charge is 2.24. The van der Waals surface area contributed by atoms with E-state index in [4.69, 9.17) is 10.5 Å². The van der Waals surface area contributed by atoms with Crippen LogP contribution in [0.4, 0.5) is 10.9 Å². The summed E-state index contributed by atoms with van der Waals surface area (Å²) in [7, 11) is 1.59. The fourth-order valence-corrected chi connectivity index (χ4v) is 5.41. The molecular weight excluding hydrogens is 492 g/mol. The molecule has 0 saturated carbocycles. The number of fused-ring (bicyclic) bond motifs is 1. The van der Waals surface area contributed by atoms with Gasteiger partial charge in [-0.05, 0) is 42.7 Å². The summed E-state index contributed by atoms with van der Waals surface area (Å²) < 4.78 is 6.13. The number of carbonyl (C=O) groups excluding carboxylic acids is 1. The fourth-order valence-electron chi connectivity index (χ4n) is 3.59.